The number of nitrogens with two attached hydrogens (primary N) is 1. The molecule has 2 rings (SSSR count). The third kappa shape index (κ3) is 3.52. The van der Waals surface area contributed by atoms with Crippen LogP contribution in [0.4, 0.5) is 4.79 Å². The minimum absolute atomic E-state index is 0.0191. The summed E-state index contributed by atoms with van der Waals surface area (Å²) in [5, 5.41) is 0. The molecule has 2 N–H and O–H groups in total. The minimum atomic E-state index is -0.0947. The quantitative estimate of drug-likeness (QED) is 0.797. The van der Waals surface area contributed by atoms with Gasteiger partial charge < -0.3 is 25.0 Å². The van der Waals surface area contributed by atoms with Gasteiger partial charge in [0.05, 0.1) is 6.33 Å². The second-order valence-electron chi connectivity index (χ2n) is 5.24. The van der Waals surface area contributed by atoms with Crippen LogP contribution >= 0.6 is 0 Å². The lowest BCUT2D eigenvalue weighted by atomic mass is 10.3. The van der Waals surface area contributed by atoms with Gasteiger partial charge in [0.2, 0.25) is 0 Å². The van der Waals surface area contributed by atoms with Gasteiger partial charge in [0.15, 0.2) is 0 Å². The fourth-order valence-corrected chi connectivity index (χ4v) is 2.29. The van der Waals surface area contributed by atoms with Crippen LogP contribution in [0.15, 0.2) is 12.5 Å². The van der Waals surface area contributed by atoms with Crippen molar-refractivity contribution in [3.8, 4) is 0 Å². The van der Waals surface area contributed by atoms with Gasteiger partial charge in [-0.25, -0.2) is 9.78 Å². The van der Waals surface area contributed by atoms with E-state index in [9.17, 15) is 9.59 Å². The first-order valence-corrected chi connectivity index (χ1v) is 7.00. The normalized spacial score (nSPS) is 15.2. The van der Waals surface area contributed by atoms with Crippen molar-refractivity contribution in [2.45, 2.75) is 6.54 Å². The topological polar surface area (TPSA) is 87.7 Å². The number of carbonyl (C=O) groups excluding carboxylic acids is 2. The van der Waals surface area contributed by atoms with E-state index in [1.165, 1.54) is 0 Å². The van der Waals surface area contributed by atoms with Gasteiger partial charge in [0, 0.05) is 59.6 Å². The summed E-state index contributed by atoms with van der Waals surface area (Å²) in [4.78, 5) is 33.3. The Morgan fingerprint density at radius 3 is 2.43 bits per heavy atom. The fourth-order valence-electron chi connectivity index (χ4n) is 2.29. The molecule has 1 saturated heterocycles. The van der Waals surface area contributed by atoms with E-state index >= 15 is 0 Å². The van der Waals surface area contributed by atoms with Crippen molar-refractivity contribution < 1.29 is 9.59 Å². The van der Waals surface area contributed by atoms with Crippen molar-refractivity contribution in [1.29, 1.82) is 0 Å². The van der Waals surface area contributed by atoms with Gasteiger partial charge >= 0.3 is 6.03 Å². The summed E-state index contributed by atoms with van der Waals surface area (Å²) >= 11 is 0. The van der Waals surface area contributed by atoms with Crippen molar-refractivity contribution in [3.63, 3.8) is 0 Å². The first kappa shape index (κ1) is 15.3. The van der Waals surface area contributed by atoms with E-state index in [0.717, 1.165) is 0 Å². The van der Waals surface area contributed by atoms with Crippen molar-refractivity contribution in [3.05, 3.63) is 18.2 Å². The van der Waals surface area contributed by atoms with Crippen molar-refractivity contribution in [2.24, 2.45) is 5.73 Å². The molecular formula is C13H22N6O2. The van der Waals surface area contributed by atoms with Crippen LogP contribution < -0.4 is 5.73 Å². The number of urea groups is 1. The van der Waals surface area contributed by atoms with Gasteiger partial charge in [-0.05, 0) is 0 Å². The molecule has 3 amide bonds. The van der Waals surface area contributed by atoms with Gasteiger partial charge in [-0.3, -0.25) is 4.79 Å². The zero-order valence-corrected chi connectivity index (χ0v) is 12.5. The summed E-state index contributed by atoms with van der Waals surface area (Å²) in [5.41, 5.74) is 5.90. The number of carbonyl (C=O) groups is 2. The first-order chi connectivity index (χ1) is 10.0. The Bertz CT molecular complexity index is 505. The van der Waals surface area contributed by atoms with Gasteiger partial charge in [-0.15, -0.1) is 0 Å². The van der Waals surface area contributed by atoms with Gasteiger partial charge in [0.25, 0.3) is 5.91 Å². The Hall–Kier alpha value is -2.09. The van der Waals surface area contributed by atoms with Gasteiger partial charge in [-0.1, -0.05) is 0 Å². The molecule has 0 spiro atoms. The van der Waals surface area contributed by atoms with Crippen LogP contribution in [0, 0.1) is 0 Å². The number of hydrogen-bond donors (Lipinski definition) is 1. The molecular weight excluding hydrogens is 272 g/mol. The minimum Gasteiger partial charge on any atom is -0.335 e. The molecule has 0 atom stereocenters. The lowest BCUT2D eigenvalue weighted by Crippen LogP contribution is -2.52. The molecule has 1 aliphatic heterocycles. The monoisotopic (exact) mass is 294 g/mol. The Morgan fingerprint density at radius 1 is 1.24 bits per heavy atom. The highest BCUT2D eigenvalue weighted by atomic mass is 16.2. The first-order valence-electron chi connectivity index (χ1n) is 7.00. The van der Waals surface area contributed by atoms with Crippen molar-refractivity contribution in [1.82, 2.24) is 24.3 Å². The number of nitrogens with zero attached hydrogens (tertiary/aromatic N) is 5. The van der Waals surface area contributed by atoms with Crippen molar-refractivity contribution in [2.75, 3.05) is 46.8 Å². The van der Waals surface area contributed by atoms with Crippen LogP contribution in [-0.4, -0.2) is 83.0 Å². The van der Waals surface area contributed by atoms with Crippen LogP contribution in [0.1, 0.15) is 10.5 Å². The smallest absolute Gasteiger partial charge is 0.319 e. The van der Waals surface area contributed by atoms with Gasteiger partial charge in [0.1, 0.15) is 5.69 Å². The van der Waals surface area contributed by atoms with E-state index in [-0.39, 0.29) is 11.9 Å². The molecule has 0 bridgehead atoms. The summed E-state index contributed by atoms with van der Waals surface area (Å²) in [7, 11) is 3.45. The summed E-state index contributed by atoms with van der Waals surface area (Å²) < 4.78 is 1.80. The maximum absolute atomic E-state index is 12.3. The predicted molar refractivity (Wildman–Crippen MR) is 77.8 cm³/mol. The third-order valence-electron chi connectivity index (χ3n) is 3.46. The summed E-state index contributed by atoms with van der Waals surface area (Å²) in [5.74, 6) is -0.0947. The second-order valence-corrected chi connectivity index (χ2v) is 5.24. The number of rotatable bonds is 3. The molecule has 1 aromatic rings. The van der Waals surface area contributed by atoms with E-state index in [4.69, 9.17) is 5.73 Å². The molecule has 2 heterocycles. The molecule has 116 valence electrons. The van der Waals surface area contributed by atoms with Crippen LogP contribution in [0.3, 0.4) is 0 Å². The number of hydrogen-bond acceptors (Lipinski definition) is 4. The van der Waals surface area contributed by atoms with Crippen LogP contribution in [0.5, 0.6) is 0 Å². The van der Waals surface area contributed by atoms with E-state index in [0.29, 0.717) is 45.0 Å². The highest BCUT2D eigenvalue weighted by Crippen LogP contribution is 2.08. The Morgan fingerprint density at radius 2 is 1.86 bits per heavy atom. The highest BCUT2D eigenvalue weighted by molar-refractivity contribution is 5.92. The number of piperazine rings is 1. The molecule has 1 aromatic heterocycles. The van der Waals surface area contributed by atoms with E-state index in [1.807, 2.05) is 0 Å². The second kappa shape index (κ2) is 6.57. The molecule has 1 aliphatic rings. The number of aromatic nitrogens is 2. The average Bonchev–Trinajstić information content (AvgIpc) is 2.95. The zero-order chi connectivity index (χ0) is 15.4. The molecule has 0 aromatic carbocycles. The van der Waals surface area contributed by atoms with Crippen molar-refractivity contribution >= 4 is 11.9 Å². The molecule has 0 saturated carbocycles. The Labute approximate surface area is 124 Å². The fraction of sp³-hybridized carbons (Fsp3) is 0.615. The molecule has 8 heteroatoms. The maximum atomic E-state index is 12.3. The molecule has 21 heavy (non-hydrogen) atoms. The van der Waals surface area contributed by atoms with Crippen LogP contribution in [0.2, 0.25) is 0 Å². The number of amides is 3. The molecule has 0 unspecified atom stereocenters. The summed E-state index contributed by atoms with van der Waals surface area (Å²) in [6.45, 7) is 3.31. The zero-order valence-electron chi connectivity index (χ0n) is 12.5. The third-order valence-corrected chi connectivity index (χ3v) is 3.46. The summed E-state index contributed by atoms with van der Waals surface area (Å²) in [6.07, 6.45) is 3.33. The van der Waals surface area contributed by atoms with Gasteiger partial charge in [-0.2, -0.15) is 0 Å². The van der Waals surface area contributed by atoms with Crippen LogP contribution in [0.25, 0.3) is 0 Å². The average molecular weight is 294 g/mol. The Balaban J connectivity index is 1.92. The summed E-state index contributed by atoms with van der Waals surface area (Å²) in [6, 6.07) is -0.0191. The largest absolute Gasteiger partial charge is 0.335 e. The lowest BCUT2D eigenvalue weighted by molar-refractivity contribution is 0.0645. The predicted octanol–water partition coefficient (Wildman–Crippen LogP) is -0.719. The molecule has 8 nitrogen and oxygen atoms in total. The molecule has 0 aliphatic carbocycles. The van der Waals surface area contributed by atoms with Crippen LogP contribution in [-0.2, 0) is 6.54 Å². The van der Waals surface area contributed by atoms with E-state index < -0.39 is 0 Å². The lowest BCUT2D eigenvalue weighted by Gasteiger charge is -2.35. The van der Waals surface area contributed by atoms with E-state index in [2.05, 4.69) is 4.98 Å². The Kier molecular flexibility index (Phi) is 4.79. The molecule has 1 fully saturated rings. The maximum Gasteiger partial charge on any atom is 0.319 e. The standard InChI is InChI=1S/C13H22N6O2/c1-16(2)13(21)19-7-5-18(6-8-19)12(20)11-9-17(4-3-14)10-15-11/h9-10H,3-8,14H2,1-2H3. The SMILES string of the molecule is CN(C)C(=O)N1CCN(C(=O)c2cn(CCN)cn2)CC1. The number of imidazole rings is 1. The highest BCUT2D eigenvalue weighted by Gasteiger charge is 2.26. The van der Waals surface area contributed by atoms with E-state index in [1.54, 1.807) is 45.9 Å². The molecule has 0 radical (unpaired) electrons.